The van der Waals surface area contributed by atoms with Crippen LogP contribution in [-0.4, -0.2) is 29.0 Å². The molecule has 0 saturated carbocycles. The molecule has 1 aromatic heterocycles. The Morgan fingerprint density at radius 3 is 2.92 bits per heavy atom. The third-order valence-corrected chi connectivity index (χ3v) is 5.04. The molecular weight excluding hydrogens is 312 g/mol. The standard InChI is InChI=1S/C21H22N2O2/c1-25-18-8-4-7-17(14-18)20-10-5-12-23(20)21(24)15-22-13-11-16-6-2-3-9-19(16)22/h2-4,6-9,11,13-14,20H,5,10,12,15H2,1H3. The maximum absolute atomic E-state index is 13.0. The fourth-order valence-electron chi connectivity index (χ4n) is 3.78. The molecule has 1 saturated heterocycles. The SMILES string of the molecule is COc1cccc(C2CCCN2C(=O)Cn2ccc3ccccc32)c1. The Morgan fingerprint density at radius 1 is 1.16 bits per heavy atom. The second kappa shape index (κ2) is 6.63. The number of amides is 1. The summed E-state index contributed by atoms with van der Waals surface area (Å²) in [6.45, 7) is 1.20. The molecule has 3 aromatic rings. The van der Waals surface area contributed by atoms with Crippen LogP contribution in [0.5, 0.6) is 5.75 Å². The first kappa shape index (κ1) is 15.8. The molecule has 1 unspecified atom stereocenters. The number of likely N-dealkylation sites (tertiary alicyclic amines) is 1. The quantitative estimate of drug-likeness (QED) is 0.722. The first-order chi connectivity index (χ1) is 12.3. The zero-order valence-corrected chi connectivity index (χ0v) is 14.4. The Morgan fingerprint density at radius 2 is 2.04 bits per heavy atom. The van der Waals surface area contributed by atoms with Crippen molar-refractivity contribution in [1.29, 1.82) is 0 Å². The largest absolute Gasteiger partial charge is 0.497 e. The maximum atomic E-state index is 13.0. The normalized spacial score (nSPS) is 17.2. The van der Waals surface area contributed by atoms with Crippen molar-refractivity contribution in [1.82, 2.24) is 9.47 Å². The summed E-state index contributed by atoms with van der Waals surface area (Å²) in [5, 5.41) is 1.17. The van der Waals surface area contributed by atoms with Gasteiger partial charge in [0, 0.05) is 18.3 Å². The van der Waals surface area contributed by atoms with E-state index in [4.69, 9.17) is 4.74 Å². The lowest BCUT2D eigenvalue weighted by Gasteiger charge is -2.26. The number of hydrogen-bond donors (Lipinski definition) is 0. The van der Waals surface area contributed by atoms with Gasteiger partial charge in [0.2, 0.25) is 5.91 Å². The van der Waals surface area contributed by atoms with E-state index >= 15 is 0 Å². The van der Waals surface area contributed by atoms with Gasteiger partial charge in [-0.3, -0.25) is 4.79 Å². The van der Waals surface area contributed by atoms with Gasteiger partial charge in [-0.25, -0.2) is 0 Å². The van der Waals surface area contributed by atoms with Gasteiger partial charge in [0.25, 0.3) is 0 Å². The average Bonchev–Trinajstić information content (AvgIpc) is 3.29. The second-order valence-corrected chi connectivity index (χ2v) is 6.52. The predicted octanol–water partition coefficient (Wildman–Crippen LogP) is 4.01. The summed E-state index contributed by atoms with van der Waals surface area (Å²) in [7, 11) is 1.67. The van der Waals surface area contributed by atoms with Crippen LogP contribution in [0.25, 0.3) is 10.9 Å². The van der Waals surface area contributed by atoms with Gasteiger partial charge in [-0.1, -0.05) is 30.3 Å². The van der Waals surface area contributed by atoms with E-state index in [0.717, 1.165) is 36.2 Å². The number of carbonyl (C=O) groups excluding carboxylic acids is 1. The van der Waals surface area contributed by atoms with Gasteiger partial charge >= 0.3 is 0 Å². The topological polar surface area (TPSA) is 34.5 Å². The molecule has 4 rings (SSSR count). The molecular formula is C21H22N2O2. The lowest BCUT2D eigenvalue weighted by atomic mass is 10.0. The third kappa shape index (κ3) is 3.00. The molecule has 0 bridgehead atoms. The Balaban J connectivity index is 1.56. The zero-order chi connectivity index (χ0) is 17.2. The molecule has 0 radical (unpaired) electrons. The minimum Gasteiger partial charge on any atom is -0.497 e. The summed E-state index contributed by atoms with van der Waals surface area (Å²) in [6.07, 6.45) is 4.05. The van der Waals surface area contributed by atoms with Crippen molar-refractivity contribution >= 4 is 16.8 Å². The van der Waals surface area contributed by atoms with Crippen LogP contribution in [-0.2, 0) is 11.3 Å². The summed E-state index contributed by atoms with van der Waals surface area (Å²) in [5.74, 6) is 1.01. The van der Waals surface area contributed by atoms with E-state index in [1.165, 1.54) is 5.39 Å². The van der Waals surface area contributed by atoms with Gasteiger partial charge < -0.3 is 14.2 Å². The monoisotopic (exact) mass is 334 g/mol. The summed E-state index contributed by atoms with van der Waals surface area (Å²) in [5.41, 5.74) is 2.26. The number of benzene rings is 2. The van der Waals surface area contributed by atoms with E-state index in [0.29, 0.717) is 6.54 Å². The number of fused-ring (bicyclic) bond motifs is 1. The smallest absolute Gasteiger partial charge is 0.243 e. The molecule has 128 valence electrons. The fraction of sp³-hybridized carbons (Fsp3) is 0.286. The minimum atomic E-state index is 0.143. The highest BCUT2D eigenvalue weighted by Gasteiger charge is 2.30. The Bertz CT molecular complexity index is 900. The molecule has 1 aliphatic rings. The van der Waals surface area contributed by atoms with E-state index in [1.54, 1.807) is 7.11 Å². The predicted molar refractivity (Wildman–Crippen MR) is 98.6 cm³/mol. The number of ether oxygens (including phenoxy) is 1. The van der Waals surface area contributed by atoms with Crippen molar-refractivity contribution in [2.24, 2.45) is 0 Å². The number of carbonyl (C=O) groups is 1. The molecule has 4 nitrogen and oxygen atoms in total. The van der Waals surface area contributed by atoms with Crippen LogP contribution >= 0.6 is 0 Å². The summed E-state index contributed by atoms with van der Waals surface area (Å²) < 4.78 is 7.38. The highest BCUT2D eigenvalue weighted by molar-refractivity contribution is 5.83. The first-order valence-electron chi connectivity index (χ1n) is 8.73. The molecule has 1 amide bonds. The number of hydrogen-bond acceptors (Lipinski definition) is 2. The molecule has 1 fully saturated rings. The van der Waals surface area contributed by atoms with Gasteiger partial charge in [0.1, 0.15) is 12.3 Å². The van der Waals surface area contributed by atoms with Crippen LogP contribution in [0.3, 0.4) is 0 Å². The van der Waals surface area contributed by atoms with Crippen molar-refractivity contribution in [3.63, 3.8) is 0 Å². The van der Waals surface area contributed by atoms with Crippen molar-refractivity contribution < 1.29 is 9.53 Å². The van der Waals surface area contributed by atoms with Gasteiger partial charge in [-0.15, -0.1) is 0 Å². The van der Waals surface area contributed by atoms with E-state index in [9.17, 15) is 4.79 Å². The van der Waals surface area contributed by atoms with Gasteiger partial charge in [-0.2, -0.15) is 0 Å². The average molecular weight is 334 g/mol. The summed E-state index contributed by atoms with van der Waals surface area (Å²) in [6, 6.07) is 18.4. The van der Waals surface area contributed by atoms with Crippen molar-refractivity contribution in [3.8, 4) is 5.75 Å². The molecule has 0 spiro atoms. The zero-order valence-electron chi connectivity index (χ0n) is 14.4. The molecule has 2 aromatic carbocycles. The lowest BCUT2D eigenvalue weighted by molar-refractivity contribution is -0.132. The van der Waals surface area contributed by atoms with Crippen LogP contribution in [0.4, 0.5) is 0 Å². The highest BCUT2D eigenvalue weighted by Crippen LogP contribution is 2.33. The minimum absolute atomic E-state index is 0.143. The number of aromatic nitrogens is 1. The molecule has 0 aliphatic carbocycles. The molecule has 0 N–H and O–H groups in total. The van der Waals surface area contributed by atoms with Crippen molar-refractivity contribution in [2.75, 3.05) is 13.7 Å². The Kier molecular flexibility index (Phi) is 4.18. The third-order valence-electron chi connectivity index (χ3n) is 5.04. The van der Waals surface area contributed by atoms with E-state index in [-0.39, 0.29) is 11.9 Å². The highest BCUT2D eigenvalue weighted by atomic mass is 16.5. The molecule has 1 aliphatic heterocycles. The first-order valence-corrected chi connectivity index (χ1v) is 8.73. The number of nitrogens with zero attached hydrogens (tertiary/aromatic N) is 2. The molecule has 25 heavy (non-hydrogen) atoms. The Hall–Kier alpha value is -2.75. The summed E-state index contributed by atoms with van der Waals surface area (Å²) >= 11 is 0. The van der Waals surface area contributed by atoms with Gasteiger partial charge in [-0.05, 0) is 48.1 Å². The van der Waals surface area contributed by atoms with Crippen molar-refractivity contribution in [3.05, 3.63) is 66.4 Å². The van der Waals surface area contributed by atoms with Crippen LogP contribution < -0.4 is 4.74 Å². The van der Waals surface area contributed by atoms with E-state index in [1.807, 2.05) is 46.0 Å². The number of para-hydroxylation sites is 1. The molecule has 1 atom stereocenters. The lowest BCUT2D eigenvalue weighted by Crippen LogP contribution is -2.33. The van der Waals surface area contributed by atoms with Crippen LogP contribution in [0.15, 0.2) is 60.8 Å². The maximum Gasteiger partial charge on any atom is 0.243 e. The van der Waals surface area contributed by atoms with Gasteiger partial charge in [0.15, 0.2) is 0 Å². The second-order valence-electron chi connectivity index (χ2n) is 6.52. The fourth-order valence-corrected chi connectivity index (χ4v) is 3.78. The van der Waals surface area contributed by atoms with E-state index in [2.05, 4.69) is 24.3 Å². The summed E-state index contributed by atoms with van der Waals surface area (Å²) in [4.78, 5) is 15.0. The number of rotatable bonds is 4. The number of methoxy groups -OCH3 is 1. The van der Waals surface area contributed by atoms with Crippen LogP contribution in [0, 0.1) is 0 Å². The molecule has 4 heteroatoms. The Labute approximate surface area is 147 Å². The van der Waals surface area contributed by atoms with Crippen molar-refractivity contribution in [2.45, 2.75) is 25.4 Å². The van der Waals surface area contributed by atoms with Crippen LogP contribution in [0.1, 0.15) is 24.4 Å². The van der Waals surface area contributed by atoms with Crippen LogP contribution in [0.2, 0.25) is 0 Å². The van der Waals surface area contributed by atoms with E-state index < -0.39 is 0 Å². The molecule has 2 heterocycles. The van der Waals surface area contributed by atoms with Gasteiger partial charge in [0.05, 0.1) is 13.2 Å².